The lowest BCUT2D eigenvalue weighted by atomic mass is 10.1. The third kappa shape index (κ3) is 2.65. The van der Waals surface area contributed by atoms with Crippen LogP contribution in [-0.2, 0) is 6.18 Å². The maximum Gasteiger partial charge on any atom is 0.707 e. The molecule has 1 aromatic carbocycles. The van der Waals surface area contributed by atoms with Crippen molar-refractivity contribution in [3.8, 4) is 11.8 Å². The Morgan fingerprint density at radius 1 is 1.31 bits per heavy atom. The van der Waals surface area contributed by atoms with E-state index in [2.05, 4.69) is 4.65 Å². The van der Waals surface area contributed by atoms with E-state index in [1.165, 1.54) is 6.07 Å². The zero-order valence-corrected chi connectivity index (χ0v) is 7.69. The van der Waals surface area contributed by atoms with Crippen molar-refractivity contribution in [3.63, 3.8) is 0 Å². The molecule has 0 heterocycles. The number of nitrogens with zero attached hydrogens (tertiary/aromatic N) is 1. The van der Waals surface area contributed by atoms with E-state index >= 15 is 0 Å². The molecule has 1 rings (SSSR count). The molecule has 0 radical (unpaired) electrons. The highest BCUT2D eigenvalue weighted by molar-refractivity contribution is 6.33. The Kier molecular flexibility index (Phi) is 3.42. The van der Waals surface area contributed by atoms with Gasteiger partial charge in [0.1, 0.15) is 17.4 Å². The molecule has 0 aliphatic heterocycles. The largest absolute Gasteiger partial charge is 0.707 e. The van der Waals surface area contributed by atoms with Gasteiger partial charge in [0.05, 0.1) is 5.56 Å². The summed E-state index contributed by atoms with van der Waals surface area (Å²) in [5, 5.41) is 25.5. The smallest absolute Gasteiger partial charge is 0.511 e. The van der Waals surface area contributed by atoms with Gasteiger partial charge in [0.2, 0.25) is 0 Å². The first kappa shape index (κ1) is 12.4. The zero-order valence-electron chi connectivity index (χ0n) is 7.69. The maximum absolute atomic E-state index is 12.4. The molecule has 0 fully saturated rings. The first-order valence-corrected chi connectivity index (χ1v) is 3.99. The first-order chi connectivity index (χ1) is 7.36. The molecule has 0 unspecified atom stereocenters. The van der Waals surface area contributed by atoms with Crippen LogP contribution in [0.4, 0.5) is 13.2 Å². The lowest BCUT2D eigenvalue weighted by molar-refractivity contribution is -0.137. The van der Waals surface area contributed by atoms with Crippen LogP contribution in [0.25, 0.3) is 0 Å². The second-order valence-electron chi connectivity index (χ2n) is 2.73. The lowest BCUT2D eigenvalue weighted by Gasteiger charge is -2.12. The average Bonchev–Trinajstić information content (AvgIpc) is 2.15. The SMILES string of the molecule is N#Cc1c(OB(O)O)cccc1C(F)(F)F. The highest BCUT2D eigenvalue weighted by atomic mass is 19.4. The van der Waals surface area contributed by atoms with Crippen LogP contribution in [0.15, 0.2) is 18.2 Å². The molecule has 0 aliphatic rings. The van der Waals surface area contributed by atoms with Gasteiger partial charge in [-0.3, -0.25) is 0 Å². The third-order valence-electron chi connectivity index (χ3n) is 1.68. The number of halogens is 3. The summed E-state index contributed by atoms with van der Waals surface area (Å²) in [6, 6.07) is 4.05. The summed E-state index contributed by atoms with van der Waals surface area (Å²) < 4.78 is 41.5. The number of alkyl halides is 3. The van der Waals surface area contributed by atoms with Crippen molar-refractivity contribution in [2.75, 3.05) is 0 Å². The fourth-order valence-electron chi connectivity index (χ4n) is 1.09. The van der Waals surface area contributed by atoms with Crippen LogP contribution in [0.5, 0.6) is 5.75 Å². The van der Waals surface area contributed by atoms with Crippen LogP contribution in [0.2, 0.25) is 0 Å². The Balaban J connectivity index is 3.28. The Hall–Kier alpha value is -1.72. The molecule has 0 saturated carbocycles. The van der Waals surface area contributed by atoms with E-state index in [0.29, 0.717) is 6.07 Å². The molecule has 1 aromatic rings. The summed E-state index contributed by atoms with van der Waals surface area (Å²) in [5.74, 6) is -0.535. The molecule has 2 N–H and O–H groups in total. The summed E-state index contributed by atoms with van der Waals surface area (Å²) >= 11 is 0. The van der Waals surface area contributed by atoms with E-state index in [0.717, 1.165) is 12.1 Å². The number of nitriles is 1. The predicted octanol–water partition coefficient (Wildman–Crippen LogP) is 0.925. The molecule has 16 heavy (non-hydrogen) atoms. The molecule has 0 atom stereocenters. The molecular weight excluding hydrogens is 226 g/mol. The van der Waals surface area contributed by atoms with Crippen molar-refractivity contribution in [2.24, 2.45) is 0 Å². The van der Waals surface area contributed by atoms with Crippen LogP contribution in [-0.4, -0.2) is 17.4 Å². The van der Waals surface area contributed by atoms with E-state index in [9.17, 15) is 13.2 Å². The number of hydrogen-bond acceptors (Lipinski definition) is 4. The number of benzene rings is 1. The van der Waals surface area contributed by atoms with Crippen LogP contribution in [0.1, 0.15) is 11.1 Å². The van der Waals surface area contributed by atoms with Gasteiger partial charge in [-0.2, -0.15) is 18.4 Å². The molecule has 0 aromatic heterocycles. The van der Waals surface area contributed by atoms with E-state index in [4.69, 9.17) is 15.3 Å². The van der Waals surface area contributed by atoms with Gasteiger partial charge in [-0.25, -0.2) is 0 Å². The molecule has 0 bridgehead atoms. The van der Waals surface area contributed by atoms with E-state index in [-0.39, 0.29) is 0 Å². The highest BCUT2D eigenvalue weighted by Crippen LogP contribution is 2.35. The fourth-order valence-corrected chi connectivity index (χ4v) is 1.09. The minimum atomic E-state index is -4.70. The predicted molar refractivity (Wildman–Crippen MR) is 47.0 cm³/mol. The van der Waals surface area contributed by atoms with Gasteiger partial charge in [-0.1, -0.05) is 6.07 Å². The van der Waals surface area contributed by atoms with Crippen molar-refractivity contribution >= 4 is 7.32 Å². The van der Waals surface area contributed by atoms with Gasteiger partial charge < -0.3 is 14.7 Å². The number of hydrogen-bond donors (Lipinski definition) is 2. The lowest BCUT2D eigenvalue weighted by Crippen LogP contribution is -2.22. The summed E-state index contributed by atoms with van der Waals surface area (Å²) in [4.78, 5) is 0. The topological polar surface area (TPSA) is 73.5 Å². The van der Waals surface area contributed by atoms with Gasteiger partial charge in [-0.05, 0) is 12.1 Å². The van der Waals surface area contributed by atoms with Crippen molar-refractivity contribution < 1.29 is 27.9 Å². The Morgan fingerprint density at radius 2 is 1.94 bits per heavy atom. The van der Waals surface area contributed by atoms with E-state index in [1.807, 2.05) is 0 Å². The van der Waals surface area contributed by atoms with Crippen LogP contribution in [0, 0.1) is 11.3 Å². The molecular formula is C8H5BF3NO3. The van der Waals surface area contributed by atoms with Crippen LogP contribution in [0.3, 0.4) is 0 Å². The second-order valence-corrected chi connectivity index (χ2v) is 2.73. The molecule has 0 amide bonds. The van der Waals surface area contributed by atoms with Crippen molar-refractivity contribution in [1.29, 1.82) is 5.26 Å². The van der Waals surface area contributed by atoms with Crippen molar-refractivity contribution in [1.82, 2.24) is 0 Å². The Labute approximate surface area is 88.7 Å². The first-order valence-electron chi connectivity index (χ1n) is 3.99. The quantitative estimate of drug-likeness (QED) is 0.742. The minimum absolute atomic E-state index is 0.535. The maximum atomic E-state index is 12.4. The molecule has 4 nitrogen and oxygen atoms in total. The van der Waals surface area contributed by atoms with Crippen LogP contribution >= 0.6 is 0 Å². The normalized spacial score (nSPS) is 10.8. The molecule has 0 saturated heterocycles. The second kappa shape index (κ2) is 4.43. The van der Waals surface area contributed by atoms with Gasteiger partial charge >= 0.3 is 13.5 Å². The summed E-state index contributed by atoms with van der Waals surface area (Å²) in [6.07, 6.45) is -4.70. The molecule has 0 spiro atoms. The Morgan fingerprint density at radius 3 is 2.38 bits per heavy atom. The van der Waals surface area contributed by atoms with Crippen LogP contribution < -0.4 is 4.65 Å². The summed E-state index contributed by atoms with van der Waals surface area (Å²) in [6.45, 7) is 0. The summed E-state index contributed by atoms with van der Waals surface area (Å²) in [7, 11) is -2.28. The van der Waals surface area contributed by atoms with E-state index in [1.54, 1.807) is 0 Å². The molecule has 0 aliphatic carbocycles. The monoisotopic (exact) mass is 231 g/mol. The Bertz CT molecular complexity index is 428. The van der Waals surface area contributed by atoms with Gasteiger partial charge in [0, 0.05) is 0 Å². The molecule has 84 valence electrons. The van der Waals surface area contributed by atoms with Gasteiger partial charge in [-0.15, -0.1) is 0 Å². The summed E-state index contributed by atoms with van der Waals surface area (Å²) in [5.41, 5.74) is -1.98. The molecule has 8 heteroatoms. The number of rotatable bonds is 2. The van der Waals surface area contributed by atoms with Crippen molar-refractivity contribution in [2.45, 2.75) is 6.18 Å². The van der Waals surface area contributed by atoms with Crippen molar-refractivity contribution in [3.05, 3.63) is 29.3 Å². The van der Waals surface area contributed by atoms with E-state index < -0.39 is 30.4 Å². The highest BCUT2D eigenvalue weighted by Gasteiger charge is 2.35. The van der Waals surface area contributed by atoms with Gasteiger partial charge in [0.25, 0.3) is 0 Å². The standard InChI is InChI=1S/C8H5BF3NO3/c10-8(11,12)6-2-1-3-7(5(6)4-13)16-9(14)15/h1-3,14-15H. The zero-order chi connectivity index (χ0) is 12.3. The van der Waals surface area contributed by atoms with Gasteiger partial charge in [0.15, 0.2) is 0 Å². The average molecular weight is 231 g/mol. The fraction of sp³-hybridized carbons (Fsp3) is 0.125. The minimum Gasteiger partial charge on any atom is -0.511 e. The third-order valence-corrected chi connectivity index (χ3v) is 1.68.